The minimum Gasteiger partial charge on any atom is -0.393 e. The Morgan fingerprint density at radius 2 is 2.09 bits per heavy atom. The second-order valence-electron chi connectivity index (χ2n) is 6.28. The lowest BCUT2D eigenvalue weighted by Gasteiger charge is -2.29. The summed E-state index contributed by atoms with van der Waals surface area (Å²) in [6.07, 6.45) is 5.48. The molecule has 0 spiro atoms. The summed E-state index contributed by atoms with van der Waals surface area (Å²) < 4.78 is 0. The van der Waals surface area contributed by atoms with Gasteiger partial charge in [-0.2, -0.15) is 0 Å². The standard InChI is InChI=1S/C17H27N3O2/c1-13(2)15(21)8-10-19-17(22)14-7-6-9-18-16(14)20-11-4-3-5-12-20/h6-7,9,13,15,21H,3-5,8,10-12H2,1-2H3,(H,19,22). The van der Waals surface area contributed by atoms with Crippen LogP contribution < -0.4 is 10.2 Å². The molecule has 1 unspecified atom stereocenters. The van der Waals surface area contributed by atoms with Gasteiger partial charge in [-0.3, -0.25) is 4.79 Å². The Labute approximate surface area is 132 Å². The summed E-state index contributed by atoms with van der Waals surface area (Å²) in [7, 11) is 0. The molecule has 2 heterocycles. The van der Waals surface area contributed by atoms with E-state index in [0.29, 0.717) is 18.5 Å². The molecule has 22 heavy (non-hydrogen) atoms. The van der Waals surface area contributed by atoms with E-state index < -0.39 is 0 Å². The highest BCUT2D eigenvalue weighted by Crippen LogP contribution is 2.21. The number of aliphatic hydroxyl groups excluding tert-OH is 1. The molecule has 5 heteroatoms. The number of aliphatic hydroxyl groups is 1. The van der Waals surface area contributed by atoms with Crippen molar-refractivity contribution < 1.29 is 9.90 Å². The zero-order chi connectivity index (χ0) is 15.9. The molecule has 5 nitrogen and oxygen atoms in total. The number of aromatic nitrogens is 1. The number of carbonyl (C=O) groups excluding carboxylic acids is 1. The second kappa shape index (κ2) is 8.13. The lowest BCUT2D eigenvalue weighted by atomic mass is 10.0. The number of pyridine rings is 1. The van der Waals surface area contributed by atoms with Crippen LogP contribution in [0.25, 0.3) is 0 Å². The van der Waals surface area contributed by atoms with Crippen LogP contribution in [-0.4, -0.2) is 41.7 Å². The smallest absolute Gasteiger partial charge is 0.255 e. The molecule has 0 aromatic carbocycles. The molecule has 1 aliphatic rings. The van der Waals surface area contributed by atoms with E-state index in [-0.39, 0.29) is 17.9 Å². The SMILES string of the molecule is CC(C)C(O)CCNC(=O)c1cccnc1N1CCCCC1. The lowest BCUT2D eigenvalue weighted by Crippen LogP contribution is -2.34. The van der Waals surface area contributed by atoms with Crippen LogP contribution in [0.5, 0.6) is 0 Å². The lowest BCUT2D eigenvalue weighted by molar-refractivity contribution is 0.0920. The van der Waals surface area contributed by atoms with E-state index in [1.54, 1.807) is 12.3 Å². The minimum absolute atomic E-state index is 0.107. The van der Waals surface area contributed by atoms with E-state index >= 15 is 0 Å². The molecule has 1 amide bonds. The molecular weight excluding hydrogens is 278 g/mol. The topological polar surface area (TPSA) is 65.5 Å². The number of nitrogens with zero attached hydrogens (tertiary/aromatic N) is 2. The van der Waals surface area contributed by atoms with Crippen molar-refractivity contribution in [1.29, 1.82) is 0 Å². The molecule has 0 bridgehead atoms. The van der Waals surface area contributed by atoms with Gasteiger partial charge in [0.2, 0.25) is 0 Å². The molecule has 1 atom stereocenters. The summed E-state index contributed by atoms with van der Waals surface area (Å²) >= 11 is 0. The predicted octanol–water partition coefficient (Wildman–Crippen LogP) is 2.21. The Hall–Kier alpha value is -1.62. The maximum Gasteiger partial charge on any atom is 0.255 e. The molecule has 1 saturated heterocycles. The molecule has 1 fully saturated rings. The number of piperidine rings is 1. The summed E-state index contributed by atoms with van der Waals surface area (Å²) in [6, 6.07) is 3.62. The van der Waals surface area contributed by atoms with Gasteiger partial charge < -0.3 is 15.3 Å². The van der Waals surface area contributed by atoms with E-state index in [2.05, 4.69) is 15.2 Å². The second-order valence-corrected chi connectivity index (χ2v) is 6.28. The molecule has 2 N–H and O–H groups in total. The zero-order valence-electron chi connectivity index (χ0n) is 13.6. The van der Waals surface area contributed by atoms with Gasteiger partial charge in [0.05, 0.1) is 11.7 Å². The van der Waals surface area contributed by atoms with Gasteiger partial charge >= 0.3 is 0 Å². The minimum atomic E-state index is -0.379. The van der Waals surface area contributed by atoms with Gasteiger partial charge in [-0.25, -0.2) is 4.98 Å². The Balaban J connectivity index is 1.97. The van der Waals surface area contributed by atoms with Crippen molar-refractivity contribution in [3.05, 3.63) is 23.9 Å². The summed E-state index contributed by atoms with van der Waals surface area (Å²) in [5, 5.41) is 12.7. The van der Waals surface area contributed by atoms with E-state index in [4.69, 9.17) is 0 Å². The first kappa shape index (κ1) is 16.7. The Kier molecular flexibility index (Phi) is 6.19. The third-order valence-corrected chi connectivity index (χ3v) is 4.18. The Morgan fingerprint density at radius 3 is 2.77 bits per heavy atom. The summed E-state index contributed by atoms with van der Waals surface area (Å²) in [6.45, 7) is 6.35. The maximum absolute atomic E-state index is 12.4. The van der Waals surface area contributed by atoms with Crippen molar-refractivity contribution in [1.82, 2.24) is 10.3 Å². The normalized spacial score (nSPS) is 16.6. The van der Waals surface area contributed by atoms with Crippen molar-refractivity contribution in [3.63, 3.8) is 0 Å². The fraction of sp³-hybridized carbons (Fsp3) is 0.647. The van der Waals surface area contributed by atoms with Crippen molar-refractivity contribution in [3.8, 4) is 0 Å². The van der Waals surface area contributed by atoms with Crippen LogP contribution in [0.15, 0.2) is 18.3 Å². The first-order valence-corrected chi connectivity index (χ1v) is 8.26. The monoisotopic (exact) mass is 305 g/mol. The number of anilines is 1. The number of hydrogen-bond acceptors (Lipinski definition) is 4. The van der Waals surface area contributed by atoms with E-state index in [1.807, 2.05) is 19.9 Å². The summed E-state index contributed by atoms with van der Waals surface area (Å²) in [4.78, 5) is 19.0. The first-order chi connectivity index (χ1) is 10.6. The van der Waals surface area contributed by atoms with Crippen LogP contribution in [-0.2, 0) is 0 Å². The third-order valence-electron chi connectivity index (χ3n) is 4.18. The van der Waals surface area contributed by atoms with Crippen LogP contribution in [0.1, 0.15) is 49.9 Å². The van der Waals surface area contributed by atoms with Crippen LogP contribution in [0.3, 0.4) is 0 Å². The molecule has 122 valence electrons. The van der Waals surface area contributed by atoms with Gasteiger partial charge in [0.25, 0.3) is 5.91 Å². The van der Waals surface area contributed by atoms with E-state index in [1.165, 1.54) is 6.42 Å². The van der Waals surface area contributed by atoms with Crippen LogP contribution in [0, 0.1) is 5.92 Å². The number of rotatable bonds is 6. The quantitative estimate of drug-likeness (QED) is 0.846. The highest BCUT2D eigenvalue weighted by atomic mass is 16.3. The van der Waals surface area contributed by atoms with Crippen LogP contribution in [0.4, 0.5) is 5.82 Å². The molecule has 0 radical (unpaired) electrons. The zero-order valence-corrected chi connectivity index (χ0v) is 13.6. The van der Waals surface area contributed by atoms with Gasteiger partial charge in [0.1, 0.15) is 5.82 Å². The third kappa shape index (κ3) is 4.44. The van der Waals surface area contributed by atoms with Crippen molar-refractivity contribution in [2.24, 2.45) is 5.92 Å². The average molecular weight is 305 g/mol. The molecule has 2 rings (SSSR count). The van der Waals surface area contributed by atoms with Crippen molar-refractivity contribution in [2.45, 2.75) is 45.6 Å². The molecule has 0 saturated carbocycles. The largest absolute Gasteiger partial charge is 0.393 e. The van der Waals surface area contributed by atoms with Gasteiger partial charge in [0.15, 0.2) is 0 Å². The fourth-order valence-electron chi connectivity index (χ4n) is 2.69. The van der Waals surface area contributed by atoms with E-state index in [0.717, 1.165) is 31.7 Å². The van der Waals surface area contributed by atoms with Gasteiger partial charge in [-0.1, -0.05) is 13.8 Å². The number of carbonyl (C=O) groups is 1. The predicted molar refractivity (Wildman–Crippen MR) is 88.1 cm³/mol. The molecular formula is C17H27N3O2. The summed E-state index contributed by atoms with van der Waals surface area (Å²) in [5.41, 5.74) is 0.628. The Morgan fingerprint density at radius 1 is 1.36 bits per heavy atom. The van der Waals surface area contributed by atoms with Crippen LogP contribution in [0.2, 0.25) is 0 Å². The number of amides is 1. The maximum atomic E-state index is 12.4. The van der Waals surface area contributed by atoms with Crippen molar-refractivity contribution >= 4 is 11.7 Å². The summed E-state index contributed by atoms with van der Waals surface area (Å²) in [5.74, 6) is 0.882. The molecule has 0 aliphatic carbocycles. The molecule has 1 aliphatic heterocycles. The van der Waals surface area contributed by atoms with Gasteiger partial charge in [-0.05, 0) is 43.7 Å². The average Bonchev–Trinajstić information content (AvgIpc) is 2.55. The fourth-order valence-corrected chi connectivity index (χ4v) is 2.69. The molecule has 1 aromatic heterocycles. The van der Waals surface area contributed by atoms with Gasteiger partial charge in [0, 0.05) is 25.8 Å². The van der Waals surface area contributed by atoms with Crippen LogP contribution >= 0.6 is 0 Å². The number of nitrogens with one attached hydrogen (secondary N) is 1. The van der Waals surface area contributed by atoms with Gasteiger partial charge in [-0.15, -0.1) is 0 Å². The van der Waals surface area contributed by atoms with Crippen molar-refractivity contribution in [2.75, 3.05) is 24.5 Å². The highest BCUT2D eigenvalue weighted by molar-refractivity contribution is 5.98. The molecule has 1 aromatic rings. The highest BCUT2D eigenvalue weighted by Gasteiger charge is 2.19. The Bertz CT molecular complexity index is 485. The number of hydrogen-bond donors (Lipinski definition) is 2. The van der Waals surface area contributed by atoms with E-state index in [9.17, 15) is 9.90 Å². The first-order valence-electron chi connectivity index (χ1n) is 8.26.